The third-order valence-electron chi connectivity index (χ3n) is 1.71. The van der Waals surface area contributed by atoms with Crippen molar-refractivity contribution in [2.45, 2.75) is 19.0 Å². The van der Waals surface area contributed by atoms with Gasteiger partial charge in [-0.15, -0.1) is 0 Å². The molecule has 1 nitrogen and oxygen atoms in total. The summed E-state index contributed by atoms with van der Waals surface area (Å²) in [4.78, 5) is 11.3. The quantitative estimate of drug-likeness (QED) is 0.530. The van der Waals surface area contributed by atoms with Crippen LogP contribution in [-0.2, 0) is 0 Å². The maximum absolute atomic E-state index is 13.0. The van der Waals surface area contributed by atoms with Gasteiger partial charge in [0.25, 0.3) is 0 Å². The Hall–Kier alpha value is -0.890. The number of alkyl halides is 2. The molecule has 1 aromatic carbocycles. The molecule has 0 aromatic heterocycles. The second-order valence-electron chi connectivity index (χ2n) is 3.08. The Labute approximate surface area is 81.5 Å². The monoisotopic (exact) mass is 200 g/mol. The number of ketones is 1. The highest BCUT2D eigenvalue weighted by Gasteiger charge is 2.30. The SMILES string of the molecule is Cc1ccc(C(=O)C(C)(F)Cl)cc1. The van der Waals surface area contributed by atoms with E-state index in [2.05, 4.69) is 0 Å². The molecule has 0 radical (unpaired) electrons. The molecule has 0 bridgehead atoms. The Bertz CT molecular complexity index is 311. The Morgan fingerprint density at radius 3 is 2.23 bits per heavy atom. The van der Waals surface area contributed by atoms with E-state index in [0.717, 1.165) is 12.5 Å². The van der Waals surface area contributed by atoms with Crippen LogP contribution in [0.3, 0.4) is 0 Å². The van der Waals surface area contributed by atoms with Crippen LogP contribution in [0.15, 0.2) is 24.3 Å². The fourth-order valence-electron chi connectivity index (χ4n) is 0.958. The first kappa shape index (κ1) is 10.2. The van der Waals surface area contributed by atoms with Crippen molar-refractivity contribution in [3.63, 3.8) is 0 Å². The molecular weight excluding hydrogens is 191 g/mol. The van der Waals surface area contributed by atoms with Crippen LogP contribution in [0.25, 0.3) is 0 Å². The van der Waals surface area contributed by atoms with Gasteiger partial charge in [-0.25, -0.2) is 4.39 Å². The fourth-order valence-corrected chi connectivity index (χ4v) is 1.07. The zero-order valence-corrected chi connectivity index (χ0v) is 8.23. The molecule has 0 N–H and O–H groups in total. The maximum atomic E-state index is 13.0. The second-order valence-corrected chi connectivity index (χ2v) is 3.79. The third kappa shape index (κ3) is 2.52. The summed E-state index contributed by atoms with van der Waals surface area (Å²) in [5.74, 6) is -0.700. The van der Waals surface area contributed by atoms with E-state index in [4.69, 9.17) is 11.6 Å². The lowest BCUT2D eigenvalue weighted by Crippen LogP contribution is -2.22. The van der Waals surface area contributed by atoms with Gasteiger partial charge in [-0.1, -0.05) is 41.4 Å². The van der Waals surface area contributed by atoms with Gasteiger partial charge in [-0.3, -0.25) is 4.79 Å². The van der Waals surface area contributed by atoms with Crippen LogP contribution in [0.1, 0.15) is 22.8 Å². The van der Waals surface area contributed by atoms with Gasteiger partial charge in [0, 0.05) is 5.56 Å². The highest BCUT2D eigenvalue weighted by molar-refractivity contribution is 6.36. The molecule has 0 fully saturated rings. The number of Topliss-reactive ketones (excluding diaryl/α,β-unsaturated/α-hetero) is 1. The van der Waals surface area contributed by atoms with Gasteiger partial charge in [-0.05, 0) is 13.8 Å². The average molecular weight is 201 g/mol. The molecule has 0 saturated carbocycles. The van der Waals surface area contributed by atoms with E-state index in [9.17, 15) is 9.18 Å². The number of hydrogen-bond donors (Lipinski definition) is 0. The van der Waals surface area contributed by atoms with Crippen molar-refractivity contribution in [3.8, 4) is 0 Å². The Balaban J connectivity index is 2.97. The summed E-state index contributed by atoms with van der Waals surface area (Å²) in [6, 6.07) is 6.63. The molecular formula is C10H10ClFO. The van der Waals surface area contributed by atoms with Crippen molar-refractivity contribution >= 4 is 17.4 Å². The lowest BCUT2D eigenvalue weighted by atomic mass is 10.1. The van der Waals surface area contributed by atoms with E-state index in [1.165, 1.54) is 0 Å². The van der Waals surface area contributed by atoms with Crippen molar-refractivity contribution in [1.82, 2.24) is 0 Å². The molecule has 0 saturated heterocycles. The number of aryl methyl sites for hydroxylation is 1. The van der Waals surface area contributed by atoms with Gasteiger partial charge in [0.1, 0.15) is 0 Å². The van der Waals surface area contributed by atoms with Gasteiger partial charge in [0.2, 0.25) is 10.9 Å². The van der Waals surface area contributed by atoms with E-state index in [-0.39, 0.29) is 0 Å². The van der Waals surface area contributed by atoms with Crippen LogP contribution < -0.4 is 0 Å². The maximum Gasteiger partial charge on any atom is 0.243 e. The summed E-state index contributed by atoms with van der Waals surface area (Å²) in [6.07, 6.45) is 0. The number of benzene rings is 1. The lowest BCUT2D eigenvalue weighted by molar-refractivity contribution is 0.0850. The fraction of sp³-hybridized carbons (Fsp3) is 0.300. The minimum atomic E-state index is -2.31. The summed E-state index contributed by atoms with van der Waals surface area (Å²) < 4.78 is 13.0. The number of carbonyl (C=O) groups excluding carboxylic acids is 1. The zero-order chi connectivity index (χ0) is 10.1. The Morgan fingerprint density at radius 2 is 1.85 bits per heavy atom. The summed E-state index contributed by atoms with van der Waals surface area (Å²) >= 11 is 5.24. The standard InChI is InChI=1S/C10H10ClFO/c1-7-3-5-8(6-4-7)9(13)10(2,11)12/h3-6H,1-2H3. The van der Waals surface area contributed by atoms with E-state index >= 15 is 0 Å². The molecule has 1 aromatic rings. The van der Waals surface area contributed by atoms with Crippen molar-refractivity contribution in [3.05, 3.63) is 35.4 Å². The Morgan fingerprint density at radius 1 is 1.38 bits per heavy atom. The van der Waals surface area contributed by atoms with E-state index in [1.54, 1.807) is 24.3 Å². The first-order valence-corrected chi connectivity index (χ1v) is 4.28. The van der Waals surface area contributed by atoms with Crippen LogP contribution in [0.4, 0.5) is 4.39 Å². The Kier molecular flexibility index (Phi) is 2.71. The van der Waals surface area contributed by atoms with Gasteiger partial charge >= 0.3 is 0 Å². The van der Waals surface area contributed by atoms with Gasteiger partial charge < -0.3 is 0 Å². The molecule has 13 heavy (non-hydrogen) atoms. The highest BCUT2D eigenvalue weighted by atomic mass is 35.5. The normalized spacial score (nSPS) is 15.1. The molecule has 3 heteroatoms. The lowest BCUT2D eigenvalue weighted by Gasteiger charge is -2.09. The summed E-state index contributed by atoms with van der Waals surface area (Å²) in [5.41, 5.74) is 1.32. The minimum Gasteiger partial charge on any atom is -0.289 e. The van der Waals surface area contributed by atoms with Gasteiger partial charge in [0.15, 0.2) is 0 Å². The minimum absolute atomic E-state index is 0.297. The molecule has 1 atom stereocenters. The predicted molar refractivity (Wildman–Crippen MR) is 50.9 cm³/mol. The molecule has 70 valence electrons. The molecule has 0 aliphatic carbocycles. The van der Waals surface area contributed by atoms with Crippen molar-refractivity contribution in [1.29, 1.82) is 0 Å². The molecule has 0 heterocycles. The predicted octanol–water partition coefficient (Wildman–Crippen LogP) is 3.10. The molecule has 1 rings (SSSR count). The number of hydrogen-bond acceptors (Lipinski definition) is 1. The van der Waals surface area contributed by atoms with Crippen LogP contribution in [-0.4, -0.2) is 10.9 Å². The molecule has 0 amide bonds. The smallest absolute Gasteiger partial charge is 0.243 e. The van der Waals surface area contributed by atoms with Crippen LogP contribution in [0.2, 0.25) is 0 Å². The number of halogens is 2. The van der Waals surface area contributed by atoms with Gasteiger partial charge in [0.05, 0.1) is 0 Å². The highest BCUT2D eigenvalue weighted by Crippen LogP contribution is 2.22. The summed E-state index contributed by atoms with van der Waals surface area (Å²) in [7, 11) is 0. The van der Waals surface area contributed by atoms with Gasteiger partial charge in [-0.2, -0.15) is 0 Å². The molecule has 0 aliphatic heterocycles. The zero-order valence-electron chi connectivity index (χ0n) is 7.47. The average Bonchev–Trinajstić information content (AvgIpc) is 2.03. The summed E-state index contributed by atoms with van der Waals surface area (Å²) in [5, 5.41) is -2.31. The number of rotatable bonds is 2. The first-order chi connectivity index (χ1) is 5.91. The van der Waals surface area contributed by atoms with E-state index in [1.807, 2.05) is 6.92 Å². The second kappa shape index (κ2) is 3.46. The van der Waals surface area contributed by atoms with Crippen LogP contribution in [0, 0.1) is 6.92 Å². The van der Waals surface area contributed by atoms with E-state index in [0.29, 0.717) is 5.56 Å². The number of carbonyl (C=O) groups is 1. The van der Waals surface area contributed by atoms with Crippen LogP contribution in [0.5, 0.6) is 0 Å². The van der Waals surface area contributed by atoms with Crippen molar-refractivity contribution in [2.24, 2.45) is 0 Å². The third-order valence-corrected chi connectivity index (χ3v) is 1.88. The van der Waals surface area contributed by atoms with Crippen molar-refractivity contribution < 1.29 is 9.18 Å². The molecule has 0 spiro atoms. The largest absolute Gasteiger partial charge is 0.289 e. The molecule has 1 unspecified atom stereocenters. The van der Waals surface area contributed by atoms with E-state index < -0.39 is 10.9 Å². The van der Waals surface area contributed by atoms with Crippen molar-refractivity contribution in [2.75, 3.05) is 0 Å². The first-order valence-electron chi connectivity index (χ1n) is 3.90. The topological polar surface area (TPSA) is 17.1 Å². The summed E-state index contributed by atoms with van der Waals surface area (Å²) in [6.45, 7) is 2.93. The molecule has 0 aliphatic rings. The van der Waals surface area contributed by atoms with Crippen LogP contribution >= 0.6 is 11.6 Å².